The molecule has 14 heavy (non-hydrogen) atoms. The first-order valence-corrected chi connectivity index (χ1v) is 5.42. The van der Waals surface area contributed by atoms with Gasteiger partial charge in [-0.1, -0.05) is 6.08 Å². The Balaban J connectivity index is 2.67. The van der Waals surface area contributed by atoms with E-state index >= 15 is 0 Å². The molecule has 0 aliphatic heterocycles. The van der Waals surface area contributed by atoms with Crippen molar-refractivity contribution < 1.29 is 0 Å². The van der Waals surface area contributed by atoms with Gasteiger partial charge < -0.3 is 5.32 Å². The Labute approximate surface area is 93.6 Å². The van der Waals surface area contributed by atoms with E-state index in [4.69, 9.17) is 0 Å². The molecule has 0 aliphatic carbocycles. The second kappa shape index (κ2) is 5.15. The van der Waals surface area contributed by atoms with Gasteiger partial charge in [-0.25, -0.2) is 4.98 Å². The van der Waals surface area contributed by atoms with Crippen LogP contribution in [0.3, 0.4) is 0 Å². The summed E-state index contributed by atoms with van der Waals surface area (Å²) in [6, 6.07) is 2.41. The largest absolute Gasteiger partial charge is 0.367 e. The molecular weight excluding hydrogens is 240 g/mol. The molecule has 0 fully saturated rings. The second-order valence-electron chi connectivity index (χ2n) is 3.39. The average Bonchev–Trinajstić information content (AvgIpc) is 2.12. The van der Waals surface area contributed by atoms with E-state index in [1.807, 2.05) is 18.3 Å². The van der Waals surface area contributed by atoms with Gasteiger partial charge in [-0.3, -0.25) is 0 Å². The molecule has 1 rings (SSSR count). The Kier molecular flexibility index (Phi) is 4.14. The van der Waals surface area contributed by atoms with Crippen molar-refractivity contribution in [2.24, 2.45) is 0 Å². The van der Waals surface area contributed by atoms with Crippen LogP contribution in [0.2, 0.25) is 0 Å². The van der Waals surface area contributed by atoms with E-state index in [0.29, 0.717) is 6.04 Å². The molecular formula is C11H15BrN2. The molecule has 76 valence electrons. The zero-order valence-corrected chi connectivity index (χ0v) is 10.1. The van der Waals surface area contributed by atoms with Crippen molar-refractivity contribution in [3.63, 3.8) is 0 Å². The lowest BCUT2D eigenvalue weighted by molar-refractivity contribution is 0.807. The summed E-state index contributed by atoms with van der Waals surface area (Å²) in [5.41, 5.74) is 1.19. The molecule has 0 radical (unpaired) electrons. The third-order valence-electron chi connectivity index (χ3n) is 1.96. The minimum absolute atomic E-state index is 0.376. The highest BCUT2D eigenvalue weighted by atomic mass is 79.9. The zero-order chi connectivity index (χ0) is 10.6. The molecule has 0 amide bonds. The van der Waals surface area contributed by atoms with Crippen LogP contribution in [0.15, 0.2) is 29.4 Å². The summed E-state index contributed by atoms with van der Waals surface area (Å²) in [4.78, 5) is 4.27. The molecule has 3 heteroatoms. The van der Waals surface area contributed by atoms with Gasteiger partial charge in [0.2, 0.25) is 0 Å². The maximum Gasteiger partial charge on any atom is 0.126 e. The lowest BCUT2D eigenvalue weighted by Gasteiger charge is -2.12. The van der Waals surface area contributed by atoms with Crippen molar-refractivity contribution in [2.45, 2.75) is 26.3 Å². The fraction of sp³-hybridized carbons (Fsp3) is 0.364. The molecule has 1 aromatic rings. The summed E-state index contributed by atoms with van der Waals surface area (Å²) < 4.78 is 1.04. The number of hydrogen-bond donors (Lipinski definition) is 1. The lowest BCUT2D eigenvalue weighted by atomic mass is 10.2. The summed E-state index contributed by atoms with van der Waals surface area (Å²) in [6.07, 6.45) is 4.67. The highest BCUT2D eigenvalue weighted by Crippen LogP contribution is 2.17. The number of aromatic nitrogens is 1. The first-order valence-electron chi connectivity index (χ1n) is 4.63. The summed E-state index contributed by atoms with van der Waals surface area (Å²) in [6.45, 7) is 7.87. The molecule has 0 aliphatic rings. The van der Waals surface area contributed by atoms with Crippen LogP contribution in [0.4, 0.5) is 5.82 Å². The van der Waals surface area contributed by atoms with Gasteiger partial charge in [-0.05, 0) is 47.8 Å². The van der Waals surface area contributed by atoms with Gasteiger partial charge in [-0.2, -0.15) is 0 Å². The first-order chi connectivity index (χ1) is 6.63. The van der Waals surface area contributed by atoms with E-state index in [1.54, 1.807) is 0 Å². The van der Waals surface area contributed by atoms with Crippen LogP contribution in [0, 0.1) is 6.92 Å². The molecule has 2 nitrogen and oxygen atoms in total. The van der Waals surface area contributed by atoms with Crippen molar-refractivity contribution in [1.82, 2.24) is 4.98 Å². The minimum Gasteiger partial charge on any atom is -0.367 e. The molecule has 0 saturated carbocycles. The van der Waals surface area contributed by atoms with Gasteiger partial charge in [0.25, 0.3) is 0 Å². The van der Waals surface area contributed by atoms with Crippen molar-refractivity contribution in [3.05, 3.63) is 35.0 Å². The van der Waals surface area contributed by atoms with E-state index in [-0.39, 0.29) is 0 Å². The predicted octanol–water partition coefficient (Wildman–Crippen LogP) is 3.53. The van der Waals surface area contributed by atoms with Crippen LogP contribution in [-0.2, 0) is 0 Å². The molecule has 1 heterocycles. The Bertz CT molecular complexity index is 323. The highest BCUT2D eigenvalue weighted by molar-refractivity contribution is 9.10. The maximum absolute atomic E-state index is 4.27. The van der Waals surface area contributed by atoms with Crippen molar-refractivity contribution >= 4 is 21.7 Å². The summed E-state index contributed by atoms with van der Waals surface area (Å²) in [5.74, 6) is 0.917. The van der Waals surface area contributed by atoms with E-state index in [9.17, 15) is 0 Å². The van der Waals surface area contributed by atoms with Crippen LogP contribution in [-0.4, -0.2) is 11.0 Å². The number of pyridine rings is 1. The monoisotopic (exact) mass is 254 g/mol. The normalized spacial score (nSPS) is 12.2. The molecule has 1 unspecified atom stereocenters. The molecule has 0 aromatic carbocycles. The Morgan fingerprint density at radius 1 is 1.71 bits per heavy atom. The standard InChI is InChI=1S/C11H15BrN2/c1-4-5-9(3)14-11-6-8(2)10(12)7-13-11/h4,6-7,9H,1,5H2,2-3H3,(H,13,14). The van der Waals surface area contributed by atoms with Crippen LogP contribution in [0.25, 0.3) is 0 Å². The van der Waals surface area contributed by atoms with Gasteiger partial charge in [0.15, 0.2) is 0 Å². The molecule has 0 bridgehead atoms. The summed E-state index contributed by atoms with van der Waals surface area (Å²) >= 11 is 3.42. The SMILES string of the molecule is C=CCC(C)Nc1cc(C)c(Br)cn1. The van der Waals surface area contributed by atoms with Gasteiger partial charge in [-0.15, -0.1) is 6.58 Å². The summed E-state index contributed by atoms with van der Waals surface area (Å²) in [7, 11) is 0. The van der Waals surface area contributed by atoms with E-state index in [0.717, 1.165) is 16.7 Å². The number of halogens is 1. The second-order valence-corrected chi connectivity index (χ2v) is 4.24. The smallest absolute Gasteiger partial charge is 0.126 e. The van der Waals surface area contributed by atoms with Gasteiger partial charge in [0.1, 0.15) is 5.82 Å². The molecule has 1 aromatic heterocycles. The Morgan fingerprint density at radius 2 is 2.43 bits per heavy atom. The third-order valence-corrected chi connectivity index (χ3v) is 2.79. The van der Waals surface area contributed by atoms with Gasteiger partial charge >= 0.3 is 0 Å². The minimum atomic E-state index is 0.376. The predicted molar refractivity (Wildman–Crippen MR) is 64.6 cm³/mol. The zero-order valence-electron chi connectivity index (χ0n) is 8.55. The summed E-state index contributed by atoms with van der Waals surface area (Å²) in [5, 5.41) is 3.31. The van der Waals surface area contributed by atoms with Gasteiger partial charge in [0, 0.05) is 16.7 Å². The van der Waals surface area contributed by atoms with Crippen LogP contribution < -0.4 is 5.32 Å². The van der Waals surface area contributed by atoms with E-state index in [1.165, 1.54) is 5.56 Å². The lowest BCUT2D eigenvalue weighted by Crippen LogP contribution is -2.14. The molecule has 0 saturated heterocycles. The Hall–Kier alpha value is -0.830. The quantitative estimate of drug-likeness (QED) is 0.832. The molecule has 1 N–H and O–H groups in total. The van der Waals surface area contributed by atoms with Crippen LogP contribution in [0.1, 0.15) is 18.9 Å². The topological polar surface area (TPSA) is 24.9 Å². The number of anilines is 1. The van der Waals surface area contributed by atoms with Crippen molar-refractivity contribution in [2.75, 3.05) is 5.32 Å². The average molecular weight is 255 g/mol. The van der Waals surface area contributed by atoms with Crippen LogP contribution in [0.5, 0.6) is 0 Å². The van der Waals surface area contributed by atoms with Gasteiger partial charge in [0.05, 0.1) is 0 Å². The fourth-order valence-corrected chi connectivity index (χ4v) is 1.40. The first kappa shape index (κ1) is 11.2. The Morgan fingerprint density at radius 3 is 3.00 bits per heavy atom. The molecule has 1 atom stereocenters. The van der Waals surface area contributed by atoms with Crippen LogP contribution >= 0.6 is 15.9 Å². The number of aryl methyl sites for hydroxylation is 1. The maximum atomic E-state index is 4.27. The number of hydrogen-bond acceptors (Lipinski definition) is 2. The highest BCUT2D eigenvalue weighted by Gasteiger charge is 2.02. The van der Waals surface area contributed by atoms with Crippen molar-refractivity contribution in [1.29, 1.82) is 0 Å². The number of nitrogens with one attached hydrogen (secondary N) is 1. The van der Waals surface area contributed by atoms with E-state index < -0.39 is 0 Å². The van der Waals surface area contributed by atoms with E-state index in [2.05, 4.69) is 46.7 Å². The third kappa shape index (κ3) is 3.14. The van der Waals surface area contributed by atoms with Crippen molar-refractivity contribution in [3.8, 4) is 0 Å². The fourth-order valence-electron chi connectivity index (χ4n) is 1.18. The number of nitrogens with zero attached hydrogens (tertiary/aromatic N) is 1. The number of rotatable bonds is 4. The molecule has 0 spiro atoms.